The quantitative estimate of drug-likeness (QED) is 0.541. The van der Waals surface area contributed by atoms with E-state index < -0.39 is 5.79 Å². The van der Waals surface area contributed by atoms with Gasteiger partial charge < -0.3 is 9.47 Å². The first-order valence-corrected chi connectivity index (χ1v) is 3.93. The highest BCUT2D eigenvalue weighted by atomic mass is 16.7. The summed E-state index contributed by atoms with van der Waals surface area (Å²) < 4.78 is 11.1. The van der Waals surface area contributed by atoms with Crippen LogP contribution in [0.4, 0.5) is 0 Å². The van der Waals surface area contributed by atoms with Gasteiger partial charge in [0.25, 0.3) is 0 Å². The van der Waals surface area contributed by atoms with Crippen LogP contribution in [-0.2, 0) is 9.47 Å². The molecular weight excluding hydrogens is 140 g/mol. The van der Waals surface area contributed by atoms with E-state index in [-0.39, 0.29) is 12.2 Å². The van der Waals surface area contributed by atoms with Crippen molar-refractivity contribution in [2.75, 3.05) is 0 Å². The Morgan fingerprint density at radius 1 is 1.36 bits per heavy atom. The summed E-state index contributed by atoms with van der Waals surface area (Å²) in [7, 11) is 0. The molecule has 1 aliphatic heterocycles. The summed E-state index contributed by atoms with van der Waals surface area (Å²) in [6.07, 6.45) is 0.187. The molecule has 0 saturated carbocycles. The van der Waals surface area contributed by atoms with Gasteiger partial charge in [-0.05, 0) is 33.3 Å². The van der Waals surface area contributed by atoms with Gasteiger partial charge in [-0.1, -0.05) is 6.58 Å². The van der Waals surface area contributed by atoms with Crippen molar-refractivity contribution in [2.45, 2.75) is 45.7 Å². The molecule has 0 radical (unpaired) electrons. The maximum absolute atomic E-state index is 5.60. The van der Waals surface area contributed by atoms with Crippen molar-refractivity contribution in [1.82, 2.24) is 0 Å². The zero-order valence-corrected chi connectivity index (χ0v) is 7.68. The fourth-order valence-electron chi connectivity index (χ4n) is 1.44. The van der Waals surface area contributed by atoms with Gasteiger partial charge in [-0.2, -0.15) is 0 Å². The van der Waals surface area contributed by atoms with Crippen molar-refractivity contribution in [3.63, 3.8) is 0 Å². The molecule has 0 aromatic carbocycles. The predicted octanol–water partition coefficient (Wildman–Crippen LogP) is 2.10. The molecule has 0 aromatic heterocycles. The molecule has 11 heavy (non-hydrogen) atoms. The summed E-state index contributed by atoms with van der Waals surface area (Å²) in [5.74, 6) is -0.441. The van der Waals surface area contributed by atoms with Gasteiger partial charge in [0.1, 0.15) is 6.10 Å². The molecule has 0 aromatic rings. The van der Waals surface area contributed by atoms with E-state index in [0.29, 0.717) is 0 Å². The third-order valence-electron chi connectivity index (χ3n) is 1.79. The highest BCUT2D eigenvalue weighted by Crippen LogP contribution is 2.30. The van der Waals surface area contributed by atoms with Crippen LogP contribution in [0.2, 0.25) is 0 Å². The van der Waals surface area contributed by atoms with Crippen LogP contribution in [0.5, 0.6) is 0 Å². The van der Waals surface area contributed by atoms with Crippen LogP contribution in [0.25, 0.3) is 0 Å². The molecule has 0 N–H and O–H groups in total. The molecule has 2 nitrogen and oxygen atoms in total. The summed E-state index contributed by atoms with van der Waals surface area (Å²) in [6, 6.07) is 0. The van der Waals surface area contributed by atoms with Crippen molar-refractivity contribution >= 4 is 0 Å². The highest BCUT2D eigenvalue weighted by molar-refractivity contribution is 5.03. The van der Waals surface area contributed by atoms with E-state index in [0.717, 1.165) is 5.57 Å². The molecule has 0 aliphatic carbocycles. The second-order valence-corrected chi connectivity index (χ2v) is 3.61. The Kier molecular flexibility index (Phi) is 2.08. The summed E-state index contributed by atoms with van der Waals surface area (Å²) >= 11 is 0. The molecular formula is C9H16O2. The number of hydrogen-bond acceptors (Lipinski definition) is 2. The van der Waals surface area contributed by atoms with Gasteiger partial charge in [-0.15, -0.1) is 0 Å². The molecule has 1 fully saturated rings. The van der Waals surface area contributed by atoms with Crippen molar-refractivity contribution in [1.29, 1.82) is 0 Å². The second kappa shape index (κ2) is 2.61. The monoisotopic (exact) mass is 156 g/mol. The van der Waals surface area contributed by atoms with E-state index in [1.165, 1.54) is 0 Å². The normalized spacial score (nSPS) is 35.6. The summed E-state index contributed by atoms with van der Waals surface area (Å²) in [5, 5.41) is 0. The highest BCUT2D eigenvalue weighted by Gasteiger charge is 2.38. The molecule has 1 rings (SSSR count). The Morgan fingerprint density at radius 2 is 1.91 bits per heavy atom. The van der Waals surface area contributed by atoms with E-state index in [1.54, 1.807) is 0 Å². The van der Waals surface area contributed by atoms with Crippen LogP contribution in [0.15, 0.2) is 12.2 Å². The molecule has 2 atom stereocenters. The van der Waals surface area contributed by atoms with Crippen LogP contribution in [0.1, 0.15) is 27.7 Å². The van der Waals surface area contributed by atoms with E-state index in [4.69, 9.17) is 9.47 Å². The zero-order valence-electron chi connectivity index (χ0n) is 7.68. The summed E-state index contributed by atoms with van der Waals surface area (Å²) in [6.45, 7) is 11.7. The third-order valence-corrected chi connectivity index (χ3v) is 1.79. The predicted molar refractivity (Wildman–Crippen MR) is 44.3 cm³/mol. The molecule has 1 saturated heterocycles. The minimum atomic E-state index is -0.441. The molecule has 1 aliphatic rings. The fourth-order valence-corrected chi connectivity index (χ4v) is 1.44. The molecule has 0 unspecified atom stereocenters. The van der Waals surface area contributed by atoms with Crippen LogP contribution < -0.4 is 0 Å². The SMILES string of the molecule is C=C(C)[C@H]1OC(C)(C)O[C@H]1C. The number of hydrogen-bond donors (Lipinski definition) is 0. The Labute approximate surface area is 68.2 Å². The lowest BCUT2D eigenvalue weighted by atomic mass is 10.1. The zero-order chi connectivity index (χ0) is 8.65. The first-order valence-electron chi connectivity index (χ1n) is 3.93. The Hall–Kier alpha value is -0.340. The summed E-state index contributed by atoms with van der Waals surface area (Å²) in [5.41, 5.74) is 1.03. The average molecular weight is 156 g/mol. The Balaban J connectivity index is 2.66. The molecule has 0 bridgehead atoms. The van der Waals surface area contributed by atoms with Gasteiger partial charge in [0.15, 0.2) is 5.79 Å². The van der Waals surface area contributed by atoms with Crippen LogP contribution in [0.3, 0.4) is 0 Å². The van der Waals surface area contributed by atoms with E-state index >= 15 is 0 Å². The van der Waals surface area contributed by atoms with E-state index in [1.807, 2.05) is 27.7 Å². The lowest BCUT2D eigenvalue weighted by Gasteiger charge is -2.16. The minimum Gasteiger partial charge on any atom is -0.345 e. The van der Waals surface area contributed by atoms with Crippen molar-refractivity contribution in [2.24, 2.45) is 0 Å². The van der Waals surface area contributed by atoms with Gasteiger partial charge >= 0.3 is 0 Å². The van der Waals surface area contributed by atoms with Crippen LogP contribution in [-0.4, -0.2) is 18.0 Å². The van der Waals surface area contributed by atoms with Gasteiger partial charge in [-0.25, -0.2) is 0 Å². The van der Waals surface area contributed by atoms with E-state index in [9.17, 15) is 0 Å². The van der Waals surface area contributed by atoms with Crippen molar-refractivity contribution in [3.05, 3.63) is 12.2 Å². The summed E-state index contributed by atoms with van der Waals surface area (Å²) in [4.78, 5) is 0. The topological polar surface area (TPSA) is 18.5 Å². The lowest BCUT2D eigenvalue weighted by molar-refractivity contribution is -0.142. The molecule has 0 spiro atoms. The maximum atomic E-state index is 5.60. The van der Waals surface area contributed by atoms with Crippen molar-refractivity contribution < 1.29 is 9.47 Å². The van der Waals surface area contributed by atoms with Crippen LogP contribution >= 0.6 is 0 Å². The Bertz CT molecular complexity index is 172. The first-order chi connectivity index (χ1) is 4.92. The van der Waals surface area contributed by atoms with Gasteiger partial charge in [-0.3, -0.25) is 0 Å². The number of rotatable bonds is 1. The Morgan fingerprint density at radius 3 is 2.09 bits per heavy atom. The lowest BCUT2D eigenvalue weighted by Crippen LogP contribution is -2.21. The molecule has 0 amide bonds. The average Bonchev–Trinajstić information content (AvgIpc) is 2.05. The fraction of sp³-hybridized carbons (Fsp3) is 0.778. The van der Waals surface area contributed by atoms with Crippen molar-refractivity contribution in [3.8, 4) is 0 Å². The third kappa shape index (κ3) is 1.82. The first kappa shape index (κ1) is 8.75. The van der Waals surface area contributed by atoms with E-state index in [2.05, 4.69) is 6.58 Å². The van der Waals surface area contributed by atoms with Gasteiger partial charge in [0.2, 0.25) is 0 Å². The number of ether oxygens (including phenoxy) is 2. The minimum absolute atomic E-state index is 0.0602. The van der Waals surface area contributed by atoms with Crippen LogP contribution in [0, 0.1) is 0 Å². The van der Waals surface area contributed by atoms with Gasteiger partial charge in [0, 0.05) is 0 Å². The molecule has 64 valence electrons. The van der Waals surface area contributed by atoms with Gasteiger partial charge in [0.05, 0.1) is 6.10 Å². The second-order valence-electron chi connectivity index (χ2n) is 3.61. The smallest absolute Gasteiger partial charge is 0.164 e. The molecule has 1 heterocycles. The maximum Gasteiger partial charge on any atom is 0.164 e. The largest absolute Gasteiger partial charge is 0.345 e. The molecule has 2 heteroatoms. The standard InChI is InChI=1S/C9H16O2/c1-6(2)8-7(3)10-9(4,5)11-8/h7-8H,1H2,2-5H3/t7-,8+/m0/s1.